The summed E-state index contributed by atoms with van der Waals surface area (Å²) in [6.07, 6.45) is 0. The van der Waals surface area contributed by atoms with Crippen molar-refractivity contribution in [3.63, 3.8) is 0 Å². The van der Waals surface area contributed by atoms with Crippen LogP contribution in [0.15, 0.2) is 29.6 Å². The normalized spacial score (nSPS) is 9.47. The minimum absolute atomic E-state index is 0.0741. The summed E-state index contributed by atoms with van der Waals surface area (Å²) in [5.41, 5.74) is 0.871. The fourth-order valence-corrected chi connectivity index (χ4v) is 1.12. The number of benzene rings is 1. The Hall–Kier alpha value is -2.04. The predicted octanol–water partition coefficient (Wildman–Crippen LogP) is 1.92. The molecule has 0 aliphatic carbocycles. The Morgan fingerprint density at radius 2 is 1.67 bits per heavy atom. The van der Waals surface area contributed by atoms with Crippen LogP contribution < -0.4 is 5.01 Å². The lowest BCUT2D eigenvalue weighted by Gasteiger charge is -2.10. The van der Waals surface area contributed by atoms with Gasteiger partial charge in [-0.2, -0.15) is 5.01 Å². The van der Waals surface area contributed by atoms with Crippen molar-refractivity contribution in [3.8, 4) is 0 Å². The molecule has 1 rings (SSSR count). The number of carbonyl (C=O) groups is 2. The molecule has 78 valence electrons. The van der Waals surface area contributed by atoms with Gasteiger partial charge >= 0.3 is 0 Å². The second-order valence-electron chi connectivity index (χ2n) is 3.02. The minimum Gasteiger partial charge on any atom is -0.295 e. The van der Waals surface area contributed by atoms with Crippen LogP contribution in [0.5, 0.6) is 0 Å². The summed E-state index contributed by atoms with van der Waals surface area (Å²) in [5.74, 6) is -0.546. The molecule has 0 fully saturated rings. The molecular weight excluding hydrogens is 196 g/mol. The van der Waals surface area contributed by atoms with Gasteiger partial charge in [-0.05, 0) is 31.2 Å². The van der Waals surface area contributed by atoms with Crippen molar-refractivity contribution in [1.82, 2.24) is 0 Å². The van der Waals surface area contributed by atoms with Crippen molar-refractivity contribution >= 4 is 17.4 Å². The number of nitrogens with zero attached hydrogens (tertiary/aromatic N) is 2. The fraction of sp³-hybridized carbons (Fsp3) is 0.200. The van der Waals surface area contributed by atoms with Gasteiger partial charge in [-0.25, -0.2) is 0 Å². The number of carbonyl (C=O) groups excluding carboxylic acids is 2. The monoisotopic (exact) mass is 206 g/mol. The Labute approximate surface area is 86.6 Å². The van der Waals surface area contributed by atoms with E-state index in [1.54, 1.807) is 12.1 Å². The summed E-state index contributed by atoms with van der Waals surface area (Å²) in [7, 11) is 0. The van der Waals surface area contributed by atoms with Gasteiger partial charge in [0.25, 0.3) is 0 Å². The van der Waals surface area contributed by atoms with Crippen LogP contribution in [-0.4, -0.2) is 11.7 Å². The largest absolute Gasteiger partial charge is 0.295 e. The van der Waals surface area contributed by atoms with Crippen molar-refractivity contribution in [2.24, 2.45) is 5.29 Å². The highest BCUT2D eigenvalue weighted by atomic mass is 16.3. The molecule has 1 aromatic carbocycles. The molecule has 0 N–H and O–H groups in total. The molecule has 0 saturated heterocycles. The first kappa shape index (κ1) is 11.0. The van der Waals surface area contributed by atoms with E-state index < -0.39 is 5.91 Å². The molecule has 0 saturated carbocycles. The highest BCUT2D eigenvalue weighted by Crippen LogP contribution is 2.16. The van der Waals surface area contributed by atoms with E-state index in [0.717, 1.165) is 5.01 Å². The first-order valence-electron chi connectivity index (χ1n) is 4.31. The van der Waals surface area contributed by atoms with Crippen LogP contribution in [0.4, 0.5) is 5.69 Å². The quantitative estimate of drug-likeness (QED) is 0.431. The van der Waals surface area contributed by atoms with Crippen molar-refractivity contribution in [2.45, 2.75) is 13.8 Å². The smallest absolute Gasteiger partial charge is 0.246 e. The zero-order chi connectivity index (χ0) is 11.4. The molecule has 0 unspecified atom stereocenters. The third-order valence-electron chi connectivity index (χ3n) is 1.90. The van der Waals surface area contributed by atoms with Crippen molar-refractivity contribution in [2.75, 3.05) is 5.01 Å². The number of rotatable bonds is 3. The van der Waals surface area contributed by atoms with Gasteiger partial charge < -0.3 is 0 Å². The number of anilines is 1. The highest BCUT2D eigenvalue weighted by molar-refractivity contribution is 5.95. The highest BCUT2D eigenvalue weighted by Gasteiger charge is 2.11. The summed E-state index contributed by atoms with van der Waals surface area (Å²) >= 11 is 0. The van der Waals surface area contributed by atoms with Gasteiger partial charge in [-0.15, -0.1) is 4.91 Å². The number of hydrogen-bond acceptors (Lipinski definition) is 4. The molecule has 0 radical (unpaired) electrons. The molecular formula is C10H10N2O3. The summed E-state index contributed by atoms with van der Waals surface area (Å²) in [6, 6.07) is 6.08. The Bertz CT molecular complexity index is 398. The van der Waals surface area contributed by atoms with E-state index in [1.807, 2.05) is 0 Å². The van der Waals surface area contributed by atoms with Crippen LogP contribution in [0.3, 0.4) is 0 Å². The molecule has 0 aliphatic rings. The van der Waals surface area contributed by atoms with Crippen LogP contribution >= 0.6 is 0 Å². The van der Waals surface area contributed by atoms with Gasteiger partial charge in [0.2, 0.25) is 5.91 Å². The Morgan fingerprint density at radius 1 is 1.13 bits per heavy atom. The van der Waals surface area contributed by atoms with Gasteiger partial charge in [0.05, 0.1) is 11.0 Å². The molecule has 5 nitrogen and oxygen atoms in total. The van der Waals surface area contributed by atoms with E-state index in [0.29, 0.717) is 11.3 Å². The molecule has 5 heteroatoms. The number of amides is 1. The molecule has 0 atom stereocenters. The number of ketones is 1. The second-order valence-corrected chi connectivity index (χ2v) is 3.02. The van der Waals surface area contributed by atoms with E-state index in [4.69, 9.17) is 0 Å². The predicted molar refractivity (Wildman–Crippen MR) is 55.4 cm³/mol. The third kappa shape index (κ3) is 2.46. The maximum Gasteiger partial charge on any atom is 0.246 e. The second kappa shape index (κ2) is 4.45. The Kier molecular flexibility index (Phi) is 3.28. The summed E-state index contributed by atoms with van der Waals surface area (Å²) in [6.45, 7) is 2.68. The van der Waals surface area contributed by atoms with E-state index in [-0.39, 0.29) is 5.78 Å². The molecule has 0 bridgehead atoms. The van der Waals surface area contributed by atoms with Gasteiger partial charge in [0.15, 0.2) is 5.78 Å². The molecule has 15 heavy (non-hydrogen) atoms. The number of hydrogen-bond donors (Lipinski definition) is 0. The van der Waals surface area contributed by atoms with Crippen molar-refractivity contribution in [3.05, 3.63) is 34.7 Å². The lowest BCUT2D eigenvalue weighted by Crippen LogP contribution is -2.21. The van der Waals surface area contributed by atoms with Crippen molar-refractivity contribution < 1.29 is 9.59 Å². The van der Waals surface area contributed by atoms with Gasteiger partial charge in [-0.3, -0.25) is 9.59 Å². The van der Waals surface area contributed by atoms with Crippen molar-refractivity contribution in [1.29, 1.82) is 0 Å². The van der Waals surface area contributed by atoms with Crippen LogP contribution in [0.1, 0.15) is 24.2 Å². The Balaban J connectivity index is 3.02. The summed E-state index contributed by atoms with van der Waals surface area (Å²) in [5, 5.41) is 3.31. The number of nitroso groups, excluding NO2 is 1. The molecule has 1 amide bonds. The zero-order valence-electron chi connectivity index (χ0n) is 8.43. The van der Waals surface area contributed by atoms with E-state index >= 15 is 0 Å². The summed E-state index contributed by atoms with van der Waals surface area (Å²) < 4.78 is 0. The minimum atomic E-state index is -0.472. The molecule has 0 spiro atoms. The standard InChI is InChI=1S/C10H10N2O3/c1-7(13)9-3-5-10(6-4-9)12(11-15)8(2)14/h3-6H,1-2H3. The van der Waals surface area contributed by atoms with Crippen LogP contribution in [0.25, 0.3) is 0 Å². The topological polar surface area (TPSA) is 66.8 Å². The Morgan fingerprint density at radius 3 is 2.00 bits per heavy atom. The van der Waals surface area contributed by atoms with Crippen LogP contribution in [-0.2, 0) is 4.79 Å². The molecule has 0 heterocycles. The first-order chi connectivity index (χ1) is 7.06. The first-order valence-corrected chi connectivity index (χ1v) is 4.31. The maximum atomic E-state index is 11.0. The maximum absolute atomic E-state index is 11.0. The number of Topliss-reactive ketones (excluding diaryl/α,β-unsaturated/α-hetero) is 1. The molecule has 0 aromatic heterocycles. The average molecular weight is 206 g/mol. The third-order valence-corrected chi connectivity index (χ3v) is 1.90. The lowest BCUT2D eigenvalue weighted by molar-refractivity contribution is -0.116. The van der Waals surface area contributed by atoms with Gasteiger partial charge in [0.1, 0.15) is 0 Å². The SMILES string of the molecule is CC(=O)c1ccc(N(N=O)C(C)=O)cc1. The molecule has 0 aliphatic heterocycles. The fourth-order valence-electron chi connectivity index (χ4n) is 1.12. The van der Waals surface area contributed by atoms with E-state index in [1.165, 1.54) is 26.0 Å². The summed E-state index contributed by atoms with van der Waals surface area (Å²) in [4.78, 5) is 32.3. The average Bonchev–Trinajstić information content (AvgIpc) is 2.19. The van der Waals surface area contributed by atoms with Gasteiger partial charge in [0, 0.05) is 12.5 Å². The molecule has 1 aromatic rings. The zero-order valence-corrected chi connectivity index (χ0v) is 8.43. The van der Waals surface area contributed by atoms with E-state index in [2.05, 4.69) is 5.29 Å². The van der Waals surface area contributed by atoms with Crippen LogP contribution in [0.2, 0.25) is 0 Å². The van der Waals surface area contributed by atoms with Crippen LogP contribution in [0, 0.1) is 4.91 Å². The lowest BCUT2D eigenvalue weighted by atomic mass is 10.1. The van der Waals surface area contributed by atoms with E-state index in [9.17, 15) is 14.5 Å². The van der Waals surface area contributed by atoms with Gasteiger partial charge in [-0.1, -0.05) is 0 Å².